The van der Waals surface area contributed by atoms with E-state index in [1.165, 1.54) is 5.56 Å². The zero-order chi connectivity index (χ0) is 13.6. The predicted octanol–water partition coefficient (Wildman–Crippen LogP) is 2.71. The van der Waals surface area contributed by atoms with Crippen LogP contribution in [0.25, 0.3) is 5.69 Å². The summed E-state index contributed by atoms with van der Waals surface area (Å²) in [6, 6.07) is 10.2. The first-order valence-corrected chi connectivity index (χ1v) is 6.54. The SMILES string of the molecule is Cl.c1ccc(COCCn2cc(-n3ccnc3)cn2)cc1. The Bertz CT molecular complexity index is 637. The summed E-state index contributed by atoms with van der Waals surface area (Å²) in [5, 5.41) is 4.30. The summed E-state index contributed by atoms with van der Waals surface area (Å²) in [4.78, 5) is 4.02. The fraction of sp³-hybridized carbons (Fsp3) is 0.200. The van der Waals surface area contributed by atoms with Crippen LogP contribution in [-0.2, 0) is 17.9 Å². The average Bonchev–Trinajstić information content (AvgIpc) is 3.15. The van der Waals surface area contributed by atoms with E-state index in [2.05, 4.69) is 22.2 Å². The van der Waals surface area contributed by atoms with E-state index >= 15 is 0 Å². The number of aromatic nitrogens is 4. The molecule has 2 aromatic heterocycles. The van der Waals surface area contributed by atoms with Crippen molar-refractivity contribution in [1.29, 1.82) is 0 Å². The van der Waals surface area contributed by atoms with Gasteiger partial charge in [0.1, 0.15) is 0 Å². The molecule has 6 heteroatoms. The molecule has 0 bridgehead atoms. The highest BCUT2D eigenvalue weighted by atomic mass is 35.5. The quantitative estimate of drug-likeness (QED) is 0.658. The maximum absolute atomic E-state index is 5.64. The highest BCUT2D eigenvalue weighted by molar-refractivity contribution is 5.85. The fourth-order valence-electron chi connectivity index (χ4n) is 1.94. The first kappa shape index (κ1) is 15.3. The van der Waals surface area contributed by atoms with E-state index in [0.717, 1.165) is 12.2 Å². The Kier molecular flexibility index (Phi) is 5.54. The van der Waals surface area contributed by atoms with Gasteiger partial charge in [-0.1, -0.05) is 30.3 Å². The first-order valence-electron chi connectivity index (χ1n) is 6.54. The Hall–Kier alpha value is -2.11. The van der Waals surface area contributed by atoms with E-state index in [4.69, 9.17) is 4.74 Å². The molecular formula is C15H17ClN4O. The summed E-state index contributed by atoms with van der Waals surface area (Å²) in [5.41, 5.74) is 2.19. The van der Waals surface area contributed by atoms with Gasteiger partial charge >= 0.3 is 0 Å². The normalized spacial score (nSPS) is 10.3. The summed E-state index contributed by atoms with van der Waals surface area (Å²) < 4.78 is 9.44. The van der Waals surface area contributed by atoms with Crippen molar-refractivity contribution >= 4 is 12.4 Å². The molecule has 0 amide bonds. The monoisotopic (exact) mass is 304 g/mol. The van der Waals surface area contributed by atoms with Crippen molar-refractivity contribution in [1.82, 2.24) is 19.3 Å². The molecule has 0 N–H and O–H groups in total. The van der Waals surface area contributed by atoms with E-state index in [0.29, 0.717) is 13.2 Å². The smallest absolute Gasteiger partial charge is 0.0992 e. The second-order valence-electron chi connectivity index (χ2n) is 4.47. The molecule has 0 aliphatic carbocycles. The van der Waals surface area contributed by atoms with E-state index in [-0.39, 0.29) is 12.4 Å². The van der Waals surface area contributed by atoms with Crippen molar-refractivity contribution in [3.63, 3.8) is 0 Å². The lowest BCUT2D eigenvalue weighted by Crippen LogP contribution is -2.06. The number of imidazole rings is 1. The number of rotatable bonds is 6. The molecule has 0 aliphatic rings. The van der Waals surface area contributed by atoms with Crippen LogP contribution in [0.2, 0.25) is 0 Å². The van der Waals surface area contributed by atoms with Crippen LogP contribution in [0.5, 0.6) is 0 Å². The van der Waals surface area contributed by atoms with Gasteiger partial charge < -0.3 is 9.30 Å². The Labute approximate surface area is 129 Å². The van der Waals surface area contributed by atoms with Crippen LogP contribution in [0, 0.1) is 0 Å². The minimum Gasteiger partial charge on any atom is -0.375 e. The molecule has 0 aliphatic heterocycles. The van der Waals surface area contributed by atoms with Gasteiger partial charge in [-0.05, 0) is 5.56 Å². The van der Waals surface area contributed by atoms with E-state index in [1.807, 2.05) is 46.0 Å². The maximum atomic E-state index is 5.64. The molecule has 1 aromatic carbocycles. The van der Waals surface area contributed by atoms with Gasteiger partial charge in [-0.3, -0.25) is 4.68 Å². The largest absolute Gasteiger partial charge is 0.375 e. The molecule has 3 aromatic rings. The van der Waals surface area contributed by atoms with Crippen molar-refractivity contribution in [3.8, 4) is 5.69 Å². The lowest BCUT2D eigenvalue weighted by Gasteiger charge is -2.04. The third-order valence-electron chi connectivity index (χ3n) is 3.00. The molecule has 0 atom stereocenters. The fourth-order valence-corrected chi connectivity index (χ4v) is 1.94. The van der Waals surface area contributed by atoms with Crippen molar-refractivity contribution in [2.24, 2.45) is 0 Å². The third kappa shape index (κ3) is 4.18. The molecule has 5 nitrogen and oxygen atoms in total. The Morgan fingerprint density at radius 3 is 2.76 bits per heavy atom. The van der Waals surface area contributed by atoms with Gasteiger partial charge in [-0.25, -0.2) is 4.98 Å². The Morgan fingerprint density at radius 1 is 1.14 bits per heavy atom. The topological polar surface area (TPSA) is 44.9 Å². The lowest BCUT2D eigenvalue weighted by atomic mass is 10.2. The van der Waals surface area contributed by atoms with Crippen LogP contribution in [0.15, 0.2) is 61.4 Å². The van der Waals surface area contributed by atoms with Crippen LogP contribution in [0.3, 0.4) is 0 Å². The second kappa shape index (κ2) is 7.61. The summed E-state index contributed by atoms with van der Waals surface area (Å²) in [6.45, 7) is 2.01. The Morgan fingerprint density at radius 2 is 2.00 bits per heavy atom. The van der Waals surface area contributed by atoms with Gasteiger partial charge in [-0.15, -0.1) is 12.4 Å². The van der Waals surface area contributed by atoms with E-state index in [9.17, 15) is 0 Å². The van der Waals surface area contributed by atoms with Crippen molar-refractivity contribution in [3.05, 3.63) is 67.0 Å². The molecule has 0 saturated carbocycles. The molecular weight excluding hydrogens is 288 g/mol. The van der Waals surface area contributed by atoms with Crippen LogP contribution in [0.4, 0.5) is 0 Å². The summed E-state index contributed by atoms with van der Waals surface area (Å²) in [7, 11) is 0. The summed E-state index contributed by atoms with van der Waals surface area (Å²) in [6.07, 6.45) is 9.20. The van der Waals surface area contributed by atoms with Crippen molar-refractivity contribution in [2.75, 3.05) is 6.61 Å². The number of halogens is 1. The highest BCUT2D eigenvalue weighted by Crippen LogP contribution is 2.05. The molecule has 21 heavy (non-hydrogen) atoms. The highest BCUT2D eigenvalue weighted by Gasteiger charge is 2.00. The molecule has 3 rings (SSSR count). The first-order chi connectivity index (χ1) is 9.92. The molecule has 2 heterocycles. The van der Waals surface area contributed by atoms with Crippen LogP contribution in [0.1, 0.15) is 5.56 Å². The number of benzene rings is 1. The molecule has 0 fully saturated rings. The number of hydrogen-bond donors (Lipinski definition) is 0. The van der Waals surface area contributed by atoms with Gasteiger partial charge in [0.05, 0.1) is 38.0 Å². The zero-order valence-electron chi connectivity index (χ0n) is 11.5. The summed E-state index contributed by atoms with van der Waals surface area (Å²) in [5.74, 6) is 0. The van der Waals surface area contributed by atoms with E-state index < -0.39 is 0 Å². The number of nitrogens with zero attached hydrogens (tertiary/aromatic N) is 4. The summed E-state index contributed by atoms with van der Waals surface area (Å²) >= 11 is 0. The van der Waals surface area contributed by atoms with E-state index in [1.54, 1.807) is 12.5 Å². The Balaban J connectivity index is 0.00000161. The van der Waals surface area contributed by atoms with Crippen LogP contribution < -0.4 is 0 Å². The molecule has 0 unspecified atom stereocenters. The zero-order valence-corrected chi connectivity index (χ0v) is 12.3. The van der Waals surface area contributed by atoms with Crippen molar-refractivity contribution in [2.45, 2.75) is 13.2 Å². The lowest BCUT2D eigenvalue weighted by molar-refractivity contribution is 0.111. The van der Waals surface area contributed by atoms with Crippen LogP contribution >= 0.6 is 12.4 Å². The number of ether oxygens (including phenoxy) is 1. The van der Waals surface area contributed by atoms with Gasteiger partial charge in [0.25, 0.3) is 0 Å². The third-order valence-corrected chi connectivity index (χ3v) is 3.00. The van der Waals surface area contributed by atoms with Gasteiger partial charge in [-0.2, -0.15) is 5.10 Å². The second-order valence-corrected chi connectivity index (χ2v) is 4.47. The van der Waals surface area contributed by atoms with Gasteiger partial charge in [0, 0.05) is 18.6 Å². The van der Waals surface area contributed by atoms with Crippen LogP contribution in [-0.4, -0.2) is 25.9 Å². The minimum atomic E-state index is 0. The maximum Gasteiger partial charge on any atom is 0.0992 e. The van der Waals surface area contributed by atoms with Gasteiger partial charge in [0.2, 0.25) is 0 Å². The molecule has 0 radical (unpaired) electrons. The molecule has 0 saturated heterocycles. The van der Waals surface area contributed by atoms with Crippen molar-refractivity contribution < 1.29 is 4.74 Å². The molecule has 110 valence electrons. The standard InChI is InChI=1S/C15H16N4O.ClH/c1-2-4-14(5-3-1)12-20-9-8-19-11-15(10-17-19)18-7-6-16-13-18;/h1-7,10-11,13H,8-9,12H2;1H. The number of hydrogen-bond acceptors (Lipinski definition) is 3. The van der Waals surface area contributed by atoms with Gasteiger partial charge in [0.15, 0.2) is 0 Å². The minimum absolute atomic E-state index is 0. The predicted molar refractivity (Wildman–Crippen MR) is 82.7 cm³/mol. The molecule has 0 spiro atoms. The average molecular weight is 305 g/mol.